The number of fused-ring (bicyclic) bond motifs is 11. The standard InChI is InChI=1S/C74H83BN4S/c1-68(2,3)46-24-32-51(33-25-46)76-60-44-54(79-59-23-19-18-22-57(59)73(16)40-20-21-41-74(73,79)17)45-61-64(60)75(66-65(76)56-43-50(72(13,14)15)31-39-62(56)80-66)63-55-42-49(71(10,11)12)30-38-58(55)77(52-34-26-47(27-35-52)69(4,5)6)67(63)78(61)53-36-28-48(29-37-53)70(7,8)9/h18-19,22-39,42-45H,20-21,40-41H2,1-17H3. The number of rotatable bonds is 4. The Morgan fingerprint density at radius 2 is 0.912 bits per heavy atom. The van der Waals surface area contributed by atoms with Crippen LogP contribution in [0.5, 0.6) is 0 Å². The van der Waals surface area contributed by atoms with Gasteiger partial charge in [-0.3, -0.25) is 9.47 Å². The molecule has 2 aromatic heterocycles. The summed E-state index contributed by atoms with van der Waals surface area (Å²) in [6.45, 7) is 40.3. The van der Waals surface area contributed by atoms with E-state index in [9.17, 15) is 0 Å². The summed E-state index contributed by atoms with van der Waals surface area (Å²) in [6.07, 6.45) is 4.75. The second-order valence-corrected chi connectivity index (χ2v) is 31.0. The molecule has 0 radical (unpaired) electrons. The zero-order valence-electron chi connectivity index (χ0n) is 51.0. The van der Waals surface area contributed by atoms with Crippen LogP contribution in [0.1, 0.15) is 177 Å². The molecule has 0 amide bonds. The first kappa shape index (κ1) is 52.9. The van der Waals surface area contributed by atoms with Crippen LogP contribution in [0.3, 0.4) is 0 Å². The lowest BCUT2D eigenvalue weighted by Crippen LogP contribution is -2.60. The molecular weight excluding hydrogens is 988 g/mol. The minimum Gasteiger partial charge on any atom is -0.334 e. The van der Waals surface area contributed by atoms with Crippen molar-refractivity contribution in [2.24, 2.45) is 0 Å². The molecule has 5 heterocycles. The Morgan fingerprint density at radius 1 is 0.438 bits per heavy atom. The quantitative estimate of drug-likeness (QED) is 0.163. The van der Waals surface area contributed by atoms with Gasteiger partial charge in [-0.1, -0.05) is 190 Å². The maximum atomic E-state index is 2.82. The Kier molecular flexibility index (Phi) is 11.6. The van der Waals surface area contributed by atoms with Gasteiger partial charge in [-0.05, 0) is 175 Å². The monoisotopic (exact) mass is 1070 g/mol. The van der Waals surface area contributed by atoms with E-state index in [1.54, 1.807) is 0 Å². The number of nitrogens with zero attached hydrogens (tertiary/aromatic N) is 4. The first-order valence-corrected chi connectivity index (χ1v) is 30.7. The number of benzene rings is 7. The van der Waals surface area contributed by atoms with Crippen molar-refractivity contribution in [2.45, 2.75) is 181 Å². The molecule has 0 spiro atoms. The van der Waals surface area contributed by atoms with Crippen LogP contribution in [0.25, 0.3) is 26.7 Å². The van der Waals surface area contributed by atoms with E-state index in [1.807, 2.05) is 11.3 Å². The van der Waals surface area contributed by atoms with Crippen molar-refractivity contribution in [1.29, 1.82) is 0 Å². The summed E-state index contributed by atoms with van der Waals surface area (Å²) >= 11 is 2.01. The average Bonchev–Trinajstić information content (AvgIpc) is 4.08. The van der Waals surface area contributed by atoms with Crippen molar-refractivity contribution in [2.75, 3.05) is 14.7 Å². The van der Waals surface area contributed by atoms with E-state index in [-0.39, 0.29) is 44.7 Å². The Bertz CT molecular complexity index is 3950. The van der Waals surface area contributed by atoms with Crippen molar-refractivity contribution in [3.63, 3.8) is 0 Å². The van der Waals surface area contributed by atoms with Gasteiger partial charge in [-0.25, -0.2) is 0 Å². The SMILES string of the molecule is CC(C)(C)c1ccc(N2c3cc(N4c5ccccc5C5(C)CCCCC45C)cc4c3B(c3sc5ccc(C(C)(C)C)cc5c32)c2c(n(-c3ccc(C(C)(C)C)cc3)c3ccc(C(C)(C)C)cc23)N4c2ccc(C(C)(C)C)cc2)cc1. The summed E-state index contributed by atoms with van der Waals surface area (Å²) in [5.41, 5.74) is 21.8. The third-order valence-electron chi connectivity index (χ3n) is 19.5. The maximum Gasteiger partial charge on any atom is 0.267 e. The maximum absolute atomic E-state index is 2.82. The Labute approximate surface area is 482 Å². The van der Waals surface area contributed by atoms with E-state index < -0.39 is 0 Å². The number of para-hydroxylation sites is 1. The largest absolute Gasteiger partial charge is 0.334 e. The molecule has 13 rings (SSSR count). The van der Waals surface area contributed by atoms with Crippen molar-refractivity contribution in [1.82, 2.24) is 4.57 Å². The lowest BCUT2D eigenvalue weighted by Gasteiger charge is -2.51. The number of thiophene rings is 1. The molecule has 9 aromatic rings. The molecule has 408 valence electrons. The third-order valence-corrected chi connectivity index (χ3v) is 20.7. The number of hydrogen-bond acceptors (Lipinski definition) is 4. The molecular formula is C74H83BN4S. The van der Waals surface area contributed by atoms with Gasteiger partial charge in [-0.15, -0.1) is 11.3 Å². The summed E-state index contributed by atoms with van der Waals surface area (Å²) in [4.78, 5) is 8.24. The van der Waals surface area contributed by atoms with E-state index in [2.05, 4.69) is 283 Å². The Hall–Kier alpha value is -6.50. The van der Waals surface area contributed by atoms with Crippen LogP contribution >= 0.6 is 11.3 Å². The molecule has 2 unspecified atom stereocenters. The molecule has 3 aliphatic heterocycles. The molecule has 7 aromatic carbocycles. The second-order valence-electron chi connectivity index (χ2n) is 29.9. The first-order chi connectivity index (χ1) is 37.6. The summed E-state index contributed by atoms with van der Waals surface area (Å²) < 4.78 is 5.37. The highest BCUT2D eigenvalue weighted by atomic mass is 32.1. The fourth-order valence-electron chi connectivity index (χ4n) is 14.5. The van der Waals surface area contributed by atoms with E-state index in [4.69, 9.17) is 0 Å². The summed E-state index contributed by atoms with van der Waals surface area (Å²) in [7, 11) is 0. The van der Waals surface area contributed by atoms with Gasteiger partial charge in [0.2, 0.25) is 0 Å². The summed E-state index contributed by atoms with van der Waals surface area (Å²) in [5, 5.41) is 2.64. The number of aromatic nitrogens is 1. The molecule has 0 bridgehead atoms. The van der Waals surface area contributed by atoms with Crippen LogP contribution in [-0.2, 0) is 32.5 Å². The van der Waals surface area contributed by atoms with Gasteiger partial charge < -0.3 is 9.80 Å². The van der Waals surface area contributed by atoms with E-state index in [0.717, 1.165) is 12.1 Å². The highest BCUT2D eigenvalue weighted by Gasteiger charge is 2.58. The molecule has 4 nitrogen and oxygen atoms in total. The zero-order chi connectivity index (χ0) is 56.6. The topological polar surface area (TPSA) is 14.7 Å². The number of anilines is 8. The molecule has 6 heteroatoms. The van der Waals surface area contributed by atoms with Crippen molar-refractivity contribution >= 4 is 100 Å². The van der Waals surface area contributed by atoms with Crippen molar-refractivity contribution in [3.05, 3.63) is 179 Å². The first-order valence-electron chi connectivity index (χ1n) is 29.8. The van der Waals surface area contributed by atoms with Crippen LogP contribution in [-0.4, -0.2) is 16.8 Å². The smallest absolute Gasteiger partial charge is 0.267 e. The fourth-order valence-corrected chi connectivity index (χ4v) is 15.8. The van der Waals surface area contributed by atoms with Crippen molar-refractivity contribution in [3.8, 4) is 5.69 Å². The third kappa shape index (κ3) is 7.87. The molecule has 0 saturated heterocycles. The van der Waals surface area contributed by atoms with Crippen LogP contribution in [0.4, 0.5) is 45.6 Å². The van der Waals surface area contributed by atoms with Crippen LogP contribution in [0.2, 0.25) is 0 Å². The minimum absolute atomic E-state index is 0.00428. The minimum atomic E-state index is -0.156. The van der Waals surface area contributed by atoms with Gasteiger partial charge in [0, 0.05) is 60.1 Å². The lowest BCUT2D eigenvalue weighted by atomic mass is 9.36. The molecule has 2 atom stereocenters. The summed E-state index contributed by atoms with van der Waals surface area (Å²) in [6, 6.07) is 58.3. The fraction of sp³-hybridized carbons (Fsp3) is 0.378. The van der Waals surface area contributed by atoms with Gasteiger partial charge in [0.25, 0.3) is 6.71 Å². The predicted molar refractivity (Wildman–Crippen MR) is 349 cm³/mol. The Balaban J connectivity index is 1.23. The van der Waals surface area contributed by atoms with E-state index in [0.29, 0.717) is 0 Å². The molecule has 0 N–H and O–H groups in total. The summed E-state index contributed by atoms with van der Waals surface area (Å²) in [5.74, 6) is 1.22. The number of hydrogen-bond donors (Lipinski definition) is 0. The normalized spacial score (nSPS) is 19.1. The molecule has 1 fully saturated rings. The highest BCUT2D eigenvalue weighted by molar-refractivity contribution is 7.34. The van der Waals surface area contributed by atoms with E-state index in [1.165, 1.54) is 135 Å². The van der Waals surface area contributed by atoms with Crippen molar-refractivity contribution < 1.29 is 0 Å². The van der Waals surface area contributed by atoms with Gasteiger partial charge in [0.15, 0.2) is 0 Å². The predicted octanol–water partition coefficient (Wildman–Crippen LogP) is 19.2. The zero-order valence-corrected chi connectivity index (χ0v) is 51.8. The van der Waals surface area contributed by atoms with Crippen LogP contribution in [0.15, 0.2) is 146 Å². The van der Waals surface area contributed by atoms with E-state index >= 15 is 0 Å². The van der Waals surface area contributed by atoms with Crippen LogP contribution in [0, 0.1) is 0 Å². The molecule has 1 saturated carbocycles. The lowest BCUT2D eigenvalue weighted by molar-refractivity contribution is 0.195. The molecule has 1 aliphatic carbocycles. The van der Waals surface area contributed by atoms with Gasteiger partial charge in [0.1, 0.15) is 5.82 Å². The Morgan fingerprint density at radius 3 is 1.48 bits per heavy atom. The second kappa shape index (κ2) is 17.5. The molecule has 4 aliphatic rings. The van der Waals surface area contributed by atoms with Crippen LogP contribution < -0.4 is 30.4 Å². The van der Waals surface area contributed by atoms with Gasteiger partial charge >= 0.3 is 0 Å². The molecule has 80 heavy (non-hydrogen) atoms. The average molecular weight is 1070 g/mol. The highest BCUT2D eigenvalue weighted by Crippen LogP contribution is 2.62. The van der Waals surface area contributed by atoms with Gasteiger partial charge in [-0.2, -0.15) is 0 Å². The van der Waals surface area contributed by atoms with Gasteiger partial charge in [0.05, 0.1) is 16.7 Å².